The van der Waals surface area contributed by atoms with Crippen molar-refractivity contribution in [1.29, 1.82) is 0 Å². The van der Waals surface area contributed by atoms with Crippen molar-refractivity contribution in [1.82, 2.24) is 4.72 Å². The Morgan fingerprint density at radius 1 is 1.18 bits per heavy atom. The van der Waals surface area contributed by atoms with Crippen molar-refractivity contribution >= 4 is 43.7 Å². The van der Waals surface area contributed by atoms with E-state index in [0.717, 1.165) is 35.5 Å². The second-order valence-corrected chi connectivity index (χ2v) is 9.13. The maximum Gasteiger partial charge on any atom is 0.343 e. The first-order valence-electron chi connectivity index (χ1n) is 7.79. The number of rotatable bonds is 9. The van der Waals surface area contributed by atoms with Crippen molar-refractivity contribution in [2.45, 2.75) is 9.79 Å². The van der Waals surface area contributed by atoms with Gasteiger partial charge in [0.2, 0.25) is 10.0 Å². The van der Waals surface area contributed by atoms with E-state index in [1.807, 2.05) is 0 Å². The first-order valence-corrected chi connectivity index (χ1v) is 11.1. The molecule has 0 heterocycles. The van der Waals surface area contributed by atoms with Crippen LogP contribution in [0.25, 0.3) is 0 Å². The van der Waals surface area contributed by atoms with Crippen LogP contribution in [0.3, 0.4) is 0 Å². The van der Waals surface area contributed by atoms with Gasteiger partial charge in [-0.3, -0.25) is 0 Å². The third-order valence-corrected chi connectivity index (χ3v) is 6.30. The summed E-state index contributed by atoms with van der Waals surface area (Å²) in [6.07, 6.45) is 0. The zero-order valence-corrected chi connectivity index (χ0v) is 17.8. The molecule has 2 aromatic rings. The molecule has 2 rings (SSSR count). The van der Waals surface area contributed by atoms with Crippen molar-refractivity contribution < 1.29 is 31.5 Å². The molecule has 0 aliphatic rings. The van der Waals surface area contributed by atoms with Gasteiger partial charge in [0.25, 0.3) is 0 Å². The Hall–Kier alpha value is -1.69. The van der Waals surface area contributed by atoms with Crippen LogP contribution in [-0.2, 0) is 19.6 Å². The lowest BCUT2D eigenvalue weighted by Crippen LogP contribution is -2.26. The molecular weight excluding hydrogens is 480 g/mol. The predicted octanol–water partition coefficient (Wildman–Crippen LogP) is 3.35. The van der Waals surface area contributed by atoms with Gasteiger partial charge in [0.1, 0.15) is 0 Å². The fourth-order valence-corrected chi connectivity index (χ4v) is 4.23. The minimum atomic E-state index is -3.67. The van der Waals surface area contributed by atoms with E-state index in [4.69, 9.17) is 4.74 Å². The number of benzene rings is 2. The third-order valence-electron chi connectivity index (χ3n) is 3.32. The zero-order valence-electron chi connectivity index (χ0n) is 14.6. The minimum absolute atomic E-state index is 0.0624. The molecule has 152 valence electrons. The molecule has 0 fully saturated rings. The average molecular weight is 496 g/mol. The SMILES string of the molecule is COC(=O)COc1c(F)cc(SCCNS(=O)(=O)c2ccc(Br)cc2)cc1F. The van der Waals surface area contributed by atoms with Crippen LogP contribution in [0.4, 0.5) is 8.78 Å². The molecule has 0 amide bonds. The average Bonchev–Trinajstić information content (AvgIpc) is 2.64. The smallest absolute Gasteiger partial charge is 0.343 e. The summed E-state index contributed by atoms with van der Waals surface area (Å²) in [5, 5.41) is 0. The molecule has 6 nitrogen and oxygen atoms in total. The topological polar surface area (TPSA) is 81.7 Å². The molecule has 0 atom stereocenters. The van der Waals surface area contributed by atoms with Gasteiger partial charge in [-0.05, 0) is 36.4 Å². The van der Waals surface area contributed by atoms with E-state index < -0.39 is 40.0 Å². The second-order valence-electron chi connectivity index (χ2n) is 5.28. The molecule has 0 aliphatic carbocycles. The fraction of sp³-hybridized carbons (Fsp3) is 0.235. The van der Waals surface area contributed by atoms with E-state index in [9.17, 15) is 22.0 Å². The summed E-state index contributed by atoms with van der Waals surface area (Å²) >= 11 is 4.29. The van der Waals surface area contributed by atoms with Crippen LogP contribution in [0, 0.1) is 11.6 Å². The molecule has 1 N–H and O–H groups in total. The van der Waals surface area contributed by atoms with Gasteiger partial charge in [0, 0.05) is 21.7 Å². The highest BCUT2D eigenvalue weighted by atomic mass is 79.9. The molecule has 0 spiro atoms. The summed E-state index contributed by atoms with van der Waals surface area (Å²) in [4.78, 5) is 11.4. The number of esters is 1. The van der Waals surface area contributed by atoms with Crippen LogP contribution in [0.15, 0.2) is 50.7 Å². The lowest BCUT2D eigenvalue weighted by Gasteiger charge is -2.10. The molecule has 0 radical (unpaired) electrons. The summed E-state index contributed by atoms with van der Waals surface area (Å²) in [7, 11) is -2.54. The Balaban J connectivity index is 1.90. The molecule has 28 heavy (non-hydrogen) atoms. The zero-order chi connectivity index (χ0) is 20.7. The molecule has 0 aromatic heterocycles. The van der Waals surface area contributed by atoms with E-state index in [-0.39, 0.29) is 22.1 Å². The number of halogens is 3. The number of hydrogen-bond donors (Lipinski definition) is 1. The number of hydrogen-bond acceptors (Lipinski definition) is 6. The number of thioether (sulfide) groups is 1. The Labute approximate surface area is 173 Å². The van der Waals surface area contributed by atoms with E-state index in [1.165, 1.54) is 12.1 Å². The van der Waals surface area contributed by atoms with Crippen molar-refractivity contribution in [3.05, 3.63) is 52.5 Å². The second kappa shape index (κ2) is 10.2. The summed E-state index contributed by atoms with van der Waals surface area (Å²) < 4.78 is 64.5. The Morgan fingerprint density at radius 3 is 2.36 bits per heavy atom. The van der Waals surface area contributed by atoms with Gasteiger partial charge in [-0.15, -0.1) is 11.8 Å². The standard InChI is InChI=1S/C17H16BrF2NO5S2/c1-25-16(22)10-26-17-14(19)8-12(9-15(17)20)27-7-6-21-28(23,24)13-4-2-11(18)3-5-13/h2-5,8-9,21H,6-7,10H2,1H3. The highest BCUT2D eigenvalue weighted by Gasteiger charge is 2.16. The molecule has 0 unspecified atom stereocenters. The first kappa shape index (κ1) is 22.6. The van der Waals surface area contributed by atoms with Gasteiger partial charge >= 0.3 is 5.97 Å². The van der Waals surface area contributed by atoms with E-state index in [1.54, 1.807) is 12.1 Å². The van der Waals surface area contributed by atoms with Crippen molar-refractivity contribution in [3.8, 4) is 5.75 Å². The monoisotopic (exact) mass is 495 g/mol. The molecule has 0 saturated heterocycles. The van der Waals surface area contributed by atoms with Gasteiger partial charge < -0.3 is 9.47 Å². The van der Waals surface area contributed by atoms with Gasteiger partial charge in [-0.2, -0.15) is 0 Å². The Morgan fingerprint density at radius 2 is 1.79 bits per heavy atom. The van der Waals surface area contributed by atoms with Gasteiger partial charge in [-0.1, -0.05) is 15.9 Å². The van der Waals surface area contributed by atoms with Crippen molar-refractivity contribution in [3.63, 3.8) is 0 Å². The summed E-state index contributed by atoms with van der Waals surface area (Å²) in [6, 6.07) is 8.22. The lowest BCUT2D eigenvalue weighted by molar-refractivity contribution is -0.143. The molecular formula is C17H16BrF2NO5S2. The van der Waals surface area contributed by atoms with Gasteiger partial charge in [0.15, 0.2) is 24.0 Å². The highest BCUT2D eigenvalue weighted by molar-refractivity contribution is 9.10. The van der Waals surface area contributed by atoms with Gasteiger partial charge in [0.05, 0.1) is 12.0 Å². The molecule has 11 heteroatoms. The van der Waals surface area contributed by atoms with E-state index in [2.05, 4.69) is 25.4 Å². The van der Waals surface area contributed by atoms with Crippen LogP contribution < -0.4 is 9.46 Å². The lowest BCUT2D eigenvalue weighted by atomic mass is 10.3. The van der Waals surface area contributed by atoms with E-state index >= 15 is 0 Å². The molecule has 0 aliphatic heterocycles. The number of sulfonamides is 1. The van der Waals surface area contributed by atoms with Crippen LogP contribution in [0.1, 0.15) is 0 Å². The number of carbonyl (C=O) groups is 1. The molecule has 2 aromatic carbocycles. The first-order chi connectivity index (χ1) is 13.2. The fourth-order valence-electron chi connectivity index (χ4n) is 1.99. The minimum Gasteiger partial charge on any atom is -0.476 e. The van der Waals surface area contributed by atoms with E-state index in [0.29, 0.717) is 0 Å². The maximum absolute atomic E-state index is 14.0. The van der Waals surface area contributed by atoms with Crippen LogP contribution in [0.2, 0.25) is 0 Å². The normalized spacial score (nSPS) is 11.3. The highest BCUT2D eigenvalue weighted by Crippen LogP contribution is 2.28. The third kappa shape index (κ3) is 6.43. The van der Waals surface area contributed by atoms with Gasteiger partial charge in [-0.25, -0.2) is 26.7 Å². The number of nitrogens with one attached hydrogen (secondary N) is 1. The van der Waals surface area contributed by atoms with Crippen molar-refractivity contribution in [2.24, 2.45) is 0 Å². The molecule has 0 saturated carbocycles. The van der Waals surface area contributed by atoms with Crippen LogP contribution >= 0.6 is 27.7 Å². The number of carbonyl (C=O) groups excluding carboxylic acids is 1. The number of ether oxygens (including phenoxy) is 2. The Kier molecular flexibility index (Phi) is 8.23. The molecule has 0 bridgehead atoms. The maximum atomic E-state index is 14.0. The van der Waals surface area contributed by atoms with Crippen LogP contribution in [0.5, 0.6) is 5.75 Å². The largest absolute Gasteiger partial charge is 0.476 e. The predicted molar refractivity (Wildman–Crippen MR) is 104 cm³/mol. The van der Waals surface area contributed by atoms with Crippen LogP contribution in [-0.4, -0.2) is 40.4 Å². The number of methoxy groups -OCH3 is 1. The van der Waals surface area contributed by atoms with Crippen molar-refractivity contribution in [2.75, 3.05) is 26.0 Å². The quantitative estimate of drug-likeness (QED) is 0.326. The summed E-state index contributed by atoms with van der Waals surface area (Å²) in [6.45, 7) is -0.554. The Bertz CT molecular complexity index is 916. The summed E-state index contributed by atoms with van der Waals surface area (Å²) in [5.41, 5.74) is 0. The summed E-state index contributed by atoms with van der Waals surface area (Å²) in [5.74, 6) is -3.14.